The number of carbonyl (C=O) groups is 1. The number of rotatable bonds is 5. The van der Waals surface area contributed by atoms with E-state index in [-0.39, 0.29) is 6.04 Å². The van der Waals surface area contributed by atoms with Crippen molar-refractivity contribution in [2.45, 2.75) is 45.3 Å². The Morgan fingerprint density at radius 3 is 2.47 bits per heavy atom. The van der Waals surface area contributed by atoms with Crippen molar-refractivity contribution in [2.75, 3.05) is 6.54 Å². The van der Waals surface area contributed by atoms with Gasteiger partial charge in [0.25, 0.3) is 0 Å². The Hall–Kier alpha value is -0.940. The van der Waals surface area contributed by atoms with Crippen LogP contribution in [0.15, 0.2) is 0 Å². The maximum Gasteiger partial charge on any atom is 0.405 e. The van der Waals surface area contributed by atoms with Gasteiger partial charge in [0, 0.05) is 6.04 Å². The third kappa shape index (κ3) is 9.37. The molecule has 2 amide bonds. The molecule has 15 heavy (non-hydrogen) atoms. The summed E-state index contributed by atoms with van der Waals surface area (Å²) in [5.74, 6) is 0. The van der Waals surface area contributed by atoms with E-state index in [1.165, 1.54) is 0 Å². The number of amides is 2. The fraction of sp³-hybridized carbons (Fsp3) is 0.889. The number of unbranched alkanes of at least 4 members (excludes halogenated alkanes) is 1. The SMILES string of the molecule is CCCCC(C)NC(=O)NCC(F)(F)F. The van der Waals surface area contributed by atoms with Crippen LogP contribution in [0.2, 0.25) is 0 Å². The lowest BCUT2D eigenvalue weighted by molar-refractivity contribution is -0.122. The molecule has 3 nitrogen and oxygen atoms in total. The quantitative estimate of drug-likeness (QED) is 0.742. The van der Waals surface area contributed by atoms with Crippen LogP contribution in [0, 0.1) is 0 Å². The average molecular weight is 226 g/mol. The number of urea groups is 1. The van der Waals surface area contributed by atoms with Crippen molar-refractivity contribution in [3.05, 3.63) is 0 Å². The summed E-state index contributed by atoms with van der Waals surface area (Å²) in [6.45, 7) is 2.48. The Morgan fingerprint density at radius 2 is 2.00 bits per heavy atom. The first kappa shape index (κ1) is 14.1. The topological polar surface area (TPSA) is 41.1 Å². The molecule has 0 rings (SSSR count). The highest BCUT2D eigenvalue weighted by molar-refractivity contribution is 5.74. The molecule has 6 heteroatoms. The predicted octanol–water partition coefficient (Wildman–Crippen LogP) is 2.43. The molecule has 0 saturated heterocycles. The van der Waals surface area contributed by atoms with Crippen LogP contribution < -0.4 is 10.6 Å². The fourth-order valence-corrected chi connectivity index (χ4v) is 1.04. The number of alkyl halides is 3. The normalized spacial score (nSPS) is 13.4. The highest BCUT2D eigenvalue weighted by Gasteiger charge is 2.27. The van der Waals surface area contributed by atoms with E-state index in [0.29, 0.717) is 0 Å². The minimum atomic E-state index is -4.36. The van der Waals surface area contributed by atoms with Crippen LogP contribution in [0.4, 0.5) is 18.0 Å². The lowest BCUT2D eigenvalue weighted by Crippen LogP contribution is -2.44. The first-order valence-corrected chi connectivity index (χ1v) is 4.96. The first-order valence-electron chi connectivity index (χ1n) is 4.96. The summed E-state index contributed by atoms with van der Waals surface area (Å²) >= 11 is 0. The molecule has 0 aromatic carbocycles. The summed E-state index contributed by atoms with van der Waals surface area (Å²) in [6, 6.07) is -0.867. The Kier molecular flexibility index (Phi) is 6.12. The van der Waals surface area contributed by atoms with E-state index in [9.17, 15) is 18.0 Å². The van der Waals surface area contributed by atoms with Crippen LogP contribution in [0.5, 0.6) is 0 Å². The maximum absolute atomic E-state index is 11.7. The van der Waals surface area contributed by atoms with Crippen LogP contribution in [-0.2, 0) is 0 Å². The fourth-order valence-electron chi connectivity index (χ4n) is 1.04. The number of carbonyl (C=O) groups excluding carboxylic acids is 1. The van der Waals surface area contributed by atoms with Crippen molar-refractivity contribution in [3.8, 4) is 0 Å². The zero-order chi connectivity index (χ0) is 11.9. The van der Waals surface area contributed by atoms with E-state index in [2.05, 4.69) is 5.32 Å². The van der Waals surface area contributed by atoms with Gasteiger partial charge in [0.1, 0.15) is 6.54 Å². The lowest BCUT2D eigenvalue weighted by Gasteiger charge is -2.14. The zero-order valence-corrected chi connectivity index (χ0v) is 8.95. The second kappa shape index (κ2) is 6.53. The minimum absolute atomic E-state index is 0.0989. The van der Waals surface area contributed by atoms with Crippen molar-refractivity contribution in [1.29, 1.82) is 0 Å². The van der Waals surface area contributed by atoms with Gasteiger partial charge >= 0.3 is 12.2 Å². The van der Waals surface area contributed by atoms with Gasteiger partial charge in [-0.25, -0.2) is 4.79 Å². The van der Waals surface area contributed by atoms with Gasteiger partial charge in [0.2, 0.25) is 0 Å². The van der Waals surface area contributed by atoms with Crippen LogP contribution in [0.25, 0.3) is 0 Å². The molecule has 0 saturated carbocycles. The molecule has 0 aromatic heterocycles. The van der Waals surface area contributed by atoms with Gasteiger partial charge in [-0.15, -0.1) is 0 Å². The van der Waals surface area contributed by atoms with E-state index in [0.717, 1.165) is 19.3 Å². The number of halogens is 3. The zero-order valence-electron chi connectivity index (χ0n) is 8.95. The molecule has 0 radical (unpaired) electrons. The largest absolute Gasteiger partial charge is 0.405 e. The molecule has 2 N–H and O–H groups in total. The Balaban J connectivity index is 3.64. The highest BCUT2D eigenvalue weighted by atomic mass is 19.4. The molecule has 0 fully saturated rings. The summed E-state index contributed by atoms with van der Waals surface area (Å²) in [6.07, 6.45) is -1.64. The predicted molar refractivity (Wildman–Crippen MR) is 51.6 cm³/mol. The van der Waals surface area contributed by atoms with Crippen molar-refractivity contribution in [3.63, 3.8) is 0 Å². The maximum atomic E-state index is 11.7. The summed E-state index contributed by atoms with van der Waals surface area (Å²) in [7, 11) is 0. The van der Waals surface area contributed by atoms with Crippen LogP contribution >= 0.6 is 0 Å². The highest BCUT2D eigenvalue weighted by Crippen LogP contribution is 2.11. The monoisotopic (exact) mass is 226 g/mol. The summed E-state index contributed by atoms with van der Waals surface area (Å²) in [5.41, 5.74) is 0. The van der Waals surface area contributed by atoms with Gasteiger partial charge in [-0.1, -0.05) is 19.8 Å². The number of nitrogens with one attached hydrogen (secondary N) is 2. The molecular weight excluding hydrogens is 209 g/mol. The van der Waals surface area contributed by atoms with E-state index in [1.54, 1.807) is 12.2 Å². The van der Waals surface area contributed by atoms with Crippen LogP contribution in [0.3, 0.4) is 0 Å². The summed E-state index contributed by atoms with van der Waals surface area (Å²) < 4.78 is 35.1. The minimum Gasteiger partial charge on any atom is -0.336 e. The van der Waals surface area contributed by atoms with Crippen LogP contribution in [-0.4, -0.2) is 24.8 Å². The molecule has 1 unspecified atom stereocenters. The standard InChI is InChI=1S/C9H17F3N2O/c1-3-4-5-7(2)14-8(15)13-6-9(10,11)12/h7H,3-6H2,1-2H3,(H2,13,14,15). The van der Waals surface area contributed by atoms with Gasteiger partial charge in [-0.3, -0.25) is 0 Å². The van der Waals surface area contributed by atoms with Gasteiger partial charge in [-0.2, -0.15) is 13.2 Å². The lowest BCUT2D eigenvalue weighted by atomic mass is 10.1. The van der Waals surface area contributed by atoms with Gasteiger partial charge in [0.05, 0.1) is 0 Å². The molecule has 0 aromatic rings. The molecule has 0 aliphatic carbocycles. The average Bonchev–Trinajstić information content (AvgIpc) is 2.10. The Labute approximate surface area is 87.4 Å². The third-order valence-corrected chi connectivity index (χ3v) is 1.82. The molecule has 0 aliphatic heterocycles. The van der Waals surface area contributed by atoms with E-state index < -0.39 is 18.8 Å². The van der Waals surface area contributed by atoms with E-state index >= 15 is 0 Å². The van der Waals surface area contributed by atoms with Crippen molar-refractivity contribution in [1.82, 2.24) is 10.6 Å². The molecule has 1 atom stereocenters. The second-order valence-corrected chi connectivity index (χ2v) is 3.49. The summed E-state index contributed by atoms with van der Waals surface area (Å²) in [5, 5.41) is 4.19. The summed E-state index contributed by atoms with van der Waals surface area (Å²) in [4.78, 5) is 10.9. The van der Waals surface area contributed by atoms with Gasteiger partial charge in [-0.05, 0) is 13.3 Å². The van der Waals surface area contributed by atoms with Crippen molar-refractivity contribution < 1.29 is 18.0 Å². The molecule has 0 spiro atoms. The van der Waals surface area contributed by atoms with Gasteiger partial charge in [0.15, 0.2) is 0 Å². The Bertz CT molecular complexity index is 194. The molecule has 0 aliphatic rings. The van der Waals surface area contributed by atoms with Crippen LogP contribution in [0.1, 0.15) is 33.1 Å². The van der Waals surface area contributed by atoms with Crippen molar-refractivity contribution >= 4 is 6.03 Å². The molecule has 0 heterocycles. The molecular formula is C9H17F3N2O. The number of hydrogen-bond acceptors (Lipinski definition) is 1. The second-order valence-electron chi connectivity index (χ2n) is 3.49. The van der Waals surface area contributed by atoms with E-state index in [4.69, 9.17) is 0 Å². The molecule has 0 bridgehead atoms. The first-order chi connectivity index (χ1) is 6.85. The smallest absolute Gasteiger partial charge is 0.336 e. The number of hydrogen-bond donors (Lipinski definition) is 2. The molecule has 90 valence electrons. The van der Waals surface area contributed by atoms with E-state index in [1.807, 2.05) is 6.92 Å². The van der Waals surface area contributed by atoms with Gasteiger partial charge < -0.3 is 10.6 Å². The van der Waals surface area contributed by atoms with Crippen molar-refractivity contribution in [2.24, 2.45) is 0 Å². The third-order valence-electron chi connectivity index (χ3n) is 1.82. The Morgan fingerprint density at radius 1 is 1.40 bits per heavy atom.